The highest BCUT2D eigenvalue weighted by atomic mass is 16.2. The minimum atomic E-state index is -0.231. The standard InChI is InChI=1S/C32H42N6O2/c1-22-10-11-25(31(39)34-26-12-13-26)20-28(22)38-19-16-33-30(32(38)40)35-29(24-8-6-5-7-9-24)23(2)21-37-17-14-27(15-18-37)36(3)4/h5-11,16,19-20,23,26-27,29H,12-15,17-18,21H2,1-4H3,(H,33,35)(H,34,39)/t23-,29+/m0/s1. The number of aryl methyl sites for hydroxylation is 1. The number of piperidine rings is 1. The molecule has 2 aromatic carbocycles. The summed E-state index contributed by atoms with van der Waals surface area (Å²) in [6.07, 6.45) is 7.72. The second-order valence-corrected chi connectivity index (χ2v) is 11.7. The minimum absolute atomic E-state index is 0.0828. The third-order valence-corrected chi connectivity index (χ3v) is 8.34. The summed E-state index contributed by atoms with van der Waals surface area (Å²) in [6, 6.07) is 16.7. The summed E-state index contributed by atoms with van der Waals surface area (Å²) in [5, 5.41) is 6.56. The maximum Gasteiger partial charge on any atom is 0.297 e. The van der Waals surface area contributed by atoms with E-state index in [1.807, 2.05) is 37.3 Å². The van der Waals surface area contributed by atoms with E-state index in [1.54, 1.807) is 23.0 Å². The minimum Gasteiger partial charge on any atom is -0.358 e. The molecule has 2 N–H and O–H groups in total. The van der Waals surface area contributed by atoms with Crippen molar-refractivity contribution in [1.29, 1.82) is 0 Å². The summed E-state index contributed by atoms with van der Waals surface area (Å²) in [6.45, 7) is 7.29. The lowest BCUT2D eigenvalue weighted by Gasteiger charge is -2.38. The molecule has 2 fully saturated rings. The van der Waals surface area contributed by atoms with E-state index < -0.39 is 0 Å². The van der Waals surface area contributed by atoms with Gasteiger partial charge in [-0.2, -0.15) is 0 Å². The lowest BCUT2D eigenvalue weighted by atomic mass is 9.92. The van der Waals surface area contributed by atoms with Crippen LogP contribution in [0.1, 0.15) is 60.1 Å². The maximum atomic E-state index is 13.8. The van der Waals surface area contributed by atoms with Gasteiger partial charge in [-0.3, -0.25) is 14.2 Å². The summed E-state index contributed by atoms with van der Waals surface area (Å²) in [5.41, 5.74) is 3.05. The van der Waals surface area contributed by atoms with Gasteiger partial charge in [-0.05, 0) is 89.0 Å². The van der Waals surface area contributed by atoms with Crippen LogP contribution in [0.5, 0.6) is 0 Å². The van der Waals surface area contributed by atoms with E-state index >= 15 is 0 Å². The fraction of sp³-hybridized carbons (Fsp3) is 0.469. The summed E-state index contributed by atoms with van der Waals surface area (Å²) in [7, 11) is 4.33. The van der Waals surface area contributed by atoms with Crippen LogP contribution in [0, 0.1) is 12.8 Å². The SMILES string of the molecule is Cc1ccc(C(=O)NC2CC2)cc1-n1ccnc(N[C@@H](c2ccccc2)[C@@H](C)CN2CCC(N(C)C)CC2)c1=O. The number of anilines is 1. The van der Waals surface area contributed by atoms with E-state index in [2.05, 4.69) is 58.6 Å². The van der Waals surface area contributed by atoms with Crippen LogP contribution in [0.3, 0.4) is 0 Å². The van der Waals surface area contributed by atoms with Crippen molar-refractivity contribution in [3.05, 3.63) is 88.0 Å². The van der Waals surface area contributed by atoms with Crippen LogP contribution in [0.25, 0.3) is 5.69 Å². The first kappa shape index (κ1) is 28.1. The first-order valence-corrected chi connectivity index (χ1v) is 14.5. The van der Waals surface area contributed by atoms with Crippen molar-refractivity contribution in [1.82, 2.24) is 24.7 Å². The summed E-state index contributed by atoms with van der Waals surface area (Å²) < 4.78 is 1.59. The van der Waals surface area contributed by atoms with Crippen molar-refractivity contribution in [3.8, 4) is 5.69 Å². The monoisotopic (exact) mass is 542 g/mol. The highest BCUT2D eigenvalue weighted by molar-refractivity contribution is 5.95. The van der Waals surface area contributed by atoms with Crippen LogP contribution in [0.15, 0.2) is 65.7 Å². The molecule has 5 rings (SSSR count). The molecule has 1 aliphatic heterocycles. The molecule has 0 radical (unpaired) electrons. The van der Waals surface area contributed by atoms with Crippen molar-refractivity contribution in [2.45, 2.75) is 57.7 Å². The number of rotatable bonds is 10. The van der Waals surface area contributed by atoms with Crippen molar-refractivity contribution < 1.29 is 4.79 Å². The molecule has 1 saturated heterocycles. The summed E-state index contributed by atoms with van der Waals surface area (Å²) >= 11 is 0. The molecule has 2 aliphatic rings. The van der Waals surface area contributed by atoms with E-state index in [0.29, 0.717) is 23.1 Å². The lowest BCUT2D eigenvalue weighted by molar-refractivity contribution is 0.0951. The van der Waals surface area contributed by atoms with Crippen LogP contribution < -0.4 is 16.2 Å². The smallest absolute Gasteiger partial charge is 0.297 e. The topological polar surface area (TPSA) is 82.5 Å². The molecule has 1 amide bonds. The highest BCUT2D eigenvalue weighted by Gasteiger charge is 2.27. The molecular weight excluding hydrogens is 500 g/mol. The molecule has 2 atom stereocenters. The molecule has 0 spiro atoms. The summed E-state index contributed by atoms with van der Waals surface area (Å²) in [5.74, 6) is 0.447. The van der Waals surface area contributed by atoms with Gasteiger partial charge in [0, 0.05) is 36.6 Å². The van der Waals surface area contributed by atoms with Crippen LogP contribution in [0.4, 0.5) is 5.82 Å². The number of nitrogens with one attached hydrogen (secondary N) is 2. The van der Waals surface area contributed by atoms with Gasteiger partial charge in [-0.25, -0.2) is 4.98 Å². The average Bonchev–Trinajstić information content (AvgIpc) is 3.77. The molecule has 8 nitrogen and oxygen atoms in total. The third-order valence-electron chi connectivity index (χ3n) is 8.34. The number of hydrogen-bond acceptors (Lipinski definition) is 6. The Kier molecular flexibility index (Phi) is 8.66. The Labute approximate surface area is 237 Å². The quantitative estimate of drug-likeness (QED) is 0.399. The van der Waals surface area contributed by atoms with Gasteiger partial charge < -0.3 is 20.4 Å². The van der Waals surface area contributed by atoms with Crippen molar-refractivity contribution in [3.63, 3.8) is 0 Å². The molecule has 1 saturated carbocycles. The van der Waals surface area contributed by atoms with E-state index in [-0.39, 0.29) is 29.5 Å². The predicted octanol–water partition coefficient (Wildman–Crippen LogP) is 4.25. The number of benzene rings is 2. The number of nitrogens with zero attached hydrogens (tertiary/aromatic N) is 4. The van der Waals surface area contributed by atoms with Gasteiger partial charge >= 0.3 is 0 Å². The number of amides is 1. The molecule has 1 aliphatic carbocycles. The molecule has 1 aromatic heterocycles. The average molecular weight is 543 g/mol. The fourth-order valence-electron chi connectivity index (χ4n) is 5.70. The first-order chi connectivity index (χ1) is 19.3. The molecule has 0 unspecified atom stereocenters. The molecule has 0 bridgehead atoms. The van der Waals surface area contributed by atoms with Crippen molar-refractivity contribution in [2.24, 2.45) is 5.92 Å². The molecule has 8 heteroatoms. The van der Waals surface area contributed by atoms with Gasteiger partial charge in [0.25, 0.3) is 11.5 Å². The Morgan fingerprint density at radius 2 is 1.80 bits per heavy atom. The van der Waals surface area contributed by atoms with Gasteiger partial charge in [0.15, 0.2) is 5.82 Å². The Bertz CT molecular complexity index is 1360. The Morgan fingerprint density at radius 3 is 2.48 bits per heavy atom. The number of hydrogen-bond donors (Lipinski definition) is 2. The zero-order valence-electron chi connectivity index (χ0n) is 24.1. The van der Waals surface area contributed by atoms with Crippen LogP contribution >= 0.6 is 0 Å². The van der Waals surface area contributed by atoms with E-state index in [9.17, 15) is 9.59 Å². The number of carbonyl (C=O) groups excluding carboxylic acids is 1. The molecule has 40 heavy (non-hydrogen) atoms. The van der Waals surface area contributed by atoms with Gasteiger partial charge in [0.05, 0.1) is 11.7 Å². The van der Waals surface area contributed by atoms with Gasteiger partial charge in [0.1, 0.15) is 0 Å². The summed E-state index contributed by atoms with van der Waals surface area (Å²) in [4.78, 5) is 35.9. The second-order valence-electron chi connectivity index (χ2n) is 11.7. The second kappa shape index (κ2) is 12.4. The van der Waals surface area contributed by atoms with Crippen LogP contribution in [-0.4, -0.2) is 71.1 Å². The van der Waals surface area contributed by atoms with Gasteiger partial charge in [0.2, 0.25) is 0 Å². The maximum absolute atomic E-state index is 13.8. The zero-order chi connectivity index (χ0) is 28.2. The van der Waals surface area contributed by atoms with Crippen LogP contribution in [0.2, 0.25) is 0 Å². The molecule has 212 valence electrons. The lowest BCUT2D eigenvalue weighted by Crippen LogP contribution is -2.44. The molecule has 2 heterocycles. The number of likely N-dealkylation sites (tertiary alicyclic amines) is 1. The van der Waals surface area contributed by atoms with E-state index in [0.717, 1.165) is 43.6 Å². The van der Waals surface area contributed by atoms with Crippen LogP contribution in [-0.2, 0) is 0 Å². The fourth-order valence-corrected chi connectivity index (χ4v) is 5.70. The van der Waals surface area contributed by atoms with Gasteiger partial charge in [-0.15, -0.1) is 0 Å². The Hall–Kier alpha value is -3.49. The predicted molar refractivity (Wildman–Crippen MR) is 160 cm³/mol. The zero-order valence-corrected chi connectivity index (χ0v) is 24.1. The van der Waals surface area contributed by atoms with E-state index in [4.69, 9.17) is 0 Å². The number of aromatic nitrogens is 2. The molecular formula is C32H42N6O2. The van der Waals surface area contributed by atoms with Crippen molar-refractivity contribution in [2.75, 3.05) is 39.0 Å². The van der Waals surface area contributed by atoms with Gasteiger partial charge in [-0.1, -0.05) is 43.3 Å². The number of carbonyl (C=O) groups is 1. The van der Waals surface area contributed by atoms with E-state index in [1.165, 1.54) is 12.8 Å². The van der Waals surface area contributed by atoms with Crippen molar-refractivity contribution >= 4 is 11.7 Å². The first-order valence-electron chi connectivity index (χ1n) is 14.5. The Balaban J connectivity index is 1.38. The normalized spacial score (nSPS) is 17.9. The largest absolute Gasteiger partial charge is 0.358 e. The Morgan fingerprint density at radius 1 is 1.07 bits per heavy atom. The third kappa shape index (κ3) is 6.62. The molecule has 3 aromatic rings. The highest BCUT2D eigenvalue weighted by Crippen LogP contribution is 2.28.